The van der Waals surface area contributed by atoms with Crippen molar-refractivity contribution in [2.45, 2.75) is 20.8 Å². The molecule has 0 aliphatic carbocycles. The third-order valence-electron chi connectivity index (χ3n) is 3.93. The summed E-state index contributed by atoms with van der Waals surface area (Å²) in [6.07, 6.45) is 0. The van der Waals surface area contributed by atoms with Gasteiger partial charge in [0.2, 0.25) is 11.8 Å². The Morgan fingerprint density at radius 1 is 1.00 bits per heavy atom. The van der Waals surface area contributed by atoms with Gasteiger partial charge in [-0.15, -0.1) is 0 Å². The van der Waals surface area contributed by atoms with Gasteiger partial charge in [0, 0.05) is 24.7 Å². The van der Waals surface area contributed by atoms with Crippen LogP contribution in [0, 0.1) is 13.8 Å². The molecule has 0 saturated carbocycles. The predicted molar refractivity (Wildman–Crippen MR) is 107 cm³/mol. The summed E-state index contributed by atoms with van der Waals surface area (Å²) in [5, 5.41) is 3.17. The number of rotatable bonds is 6. The zero-order valence-electron chi connectivity index (χ0n) is 16.1. The van der Waals surface area contributed by atoms with E-state index in [4.69, 9.17) is 21.1 Å². The summed E-state index contributed by atoms with van der Waals surface area (Å²) in [5.74, 6) is 0.114. The van der Waals surface area contributed by atoms with Gasteiger partial charge in [-0.3, -0.25) is 14.5 Å². The minimum absolute atomic E-state index is 0.177. The second-order valence-corrected chi connectivity index (χ2v) is 6.60. The van der Waals surface area contributed by atoms with Crippen LogP contribution in [0.3, 0.4) is 0 Å². The van der Waals surface area contributed by atoms with Crippen LogP contribution < -0.4 is 19.7 Å². The van der Waals surface area contributed by atoms with Crippen LogP contribution in [0.15, 0.2) is 30.3 Å². The van der Waals surface area contributed by atoms with E-state index in [-0.39, 0.29) is 18.4 Å². The zero-order valence-corrected chi connectivity index (χ0v) is 16.8. The predicted octanol–water partition coefficient (Wildman–Crippen LogP) is 3.97. The molecule has 0 fully saturated rings. The number of hydrogen-bond donors (Lipinski definition) is 1. The van der Waals surface area contributed by atoms with E-state index in [0.29, 0.717) is 27.9 Å². The Morgan fingerprint density at radius 2 is 1.59 bits per heavy atom. The summed E-state index contributed by atoms with van der Waals surface area (Å²) in [7, 11) is 2.94. The third kappa shape index (κ3) is 5.14. The molecule has 0 saturated heterocycles. The molecule has 0 aliphatic heterocycles. The molecule has 0 radical (unpaired) electrons. The van der Waals surface area contributed by atoms with Crippen LogP contribution in [0.5, 0.6) is 11.5 Å². The SMILES string of the molecule is COc1cc(N(CC(=O)Nc2cc(C)cc(C)c2)C(C)=O)c(OC)cc1Cl. The maximum absolute atomic E-state index is 12.5. The van der Waals surface area contributed by atoms with Gasteiger partial charge in [-0.05, 0) is 37.1 Å². The fraction of sp³-hybridized carbons (Fsp3) is 0.300. The number of anilines is 2. The maximum atomic E-state index is 12.5. The van der Waals surface area contributed by atoms with Gasteiger partial charge in [-0.25, -0.2) is 0 Å². The average Bonchev–Trinajstić information content (AvgIpc) is 2.58. The van der Waals surface area contributed by atoms with Crippen molar-refractivity contribution in [2.75, 3.05) is 31.0 Å². The van der Waals surface area contributed by atoms with Gasteiger partial charge in [0.1, 0.15) is 18.0 Å². The van der Waals surface area contributed by atoms with Gasteiger partial charge in [0.05, 0.1) is 24.9 Å². The van der Waals surface area contributed by atoms with Crippen molar-refractivity contribution < 1.29 is 19.1 Å². The van der Waals surface area contributed by atoms with Crippen molar-refractivity contribution in [3.63, 3.8) is 0 Å². The third-order valence-corrected chi connectivity index (χ3v) is 4.23. The number of hydrogen-bond acceptors (Lipinski definition) is 4. The fourth-order valence-electron chi connectivity index (χ4n) is 2.81. The molecular formula is C20H23ClN2O4. The monoisotopic (exact) mass is 390 g/mol. The Kier molecular flexibility index (Phi) is 6.69. The number of carbonyl (C=O) groups excluding carboxylic acids is 2. The molecule has 0 aromatic heterocycles. The summed E-state index contributed by atoms with van der Waals surface area (Å²) in [5.41, 5.74) is 3.17. The normalized spacial score (nSPS) is 10.3. The molecule has 6 nitrogen and oxygen atoms in total. The number of carbonyl (C=O) groups is 2. The lowest BCUT2D eigenvalue weighted by molar-refractivity contribution is -0.120. The number of amides is 2. The standard InChI is InChI=1S/C20H23ClN2O4/c1-12-6-13(2)8-15(7-12)22-20(25)11-23(14(3)24)17-10-18(26-4)16(21)9-19(17)27-5/h6-10H,11H2,1-5H3,(H,22,25). The molecule has 27 heavy (non-hydrogen) atoms. The molecule has 0 unspecified atom stereocenters. The number of benzene rings is 2. The molecule has 0 heterocycles. The van der Waals surface area contributed by atoms with Crippen LogP contribution in [0.2, 0.25) is 5.02 Å². The fourth-order valence-corrected chi connectivity index (χ4v) is 3.04. The Labute approximate surface area is 164 Å². The number of ether oxygens (including phenoxy) is 2. The lowest BCUT2D eigenvalue weighted by atomic mass is 10.1. The first kappa shape index (κ1) is 20.6. The van der Waals surface area contributed by atoms with Crippen LogP contribution in [0.25, 0.3) is 0 Å². The van der Waals surface area contributed by atoms with Gasteiger partial charge in [0.25, 0.3) is 0 Å². The zero-order chi connectivity index (χ0) is 20.1. The number of halogens is 1. The number of aryl methyl sites for hydroxylation is 2. The number of nitrogens with one attached hydrogen (secondary N) is 1. The van der Waals surface area contributed by atoms with E-state index in [2.05, 4.69) is 5.32 Å². The summed E-state index contributed by atoms with van der Waals surface area (Å²) in [6, 6.07) is 8.88. The average molecular weight is 391 g/mol. The molecule has 0 spiro atoms. The highest BCUT2D eigenvalue weighted by Gasteiger charge is 2.22. The largest absolute Gasteiger partial charge is 0.495 e. The summed E-state index contributed by atoms with van der Waals surface area (Å²) in [4.78, 5) is 26.1. The van der Waals surface area contributed by atoms with E-state index in [1.54, 1.807) is 12.1 Å². The van der Waals surface area contributed by atoms with E-state index < -0.39 is 0 Å². The molecule has 7 heteroatoms. The second-order valence-electron chi connectivity index (χ2n) is 6.19. The molecule has 0 bridgehead atoms. The lowest BCUT2D eigenvalue weighted by Gasteiger charge is -2.24. The first-order chi connectivity index (χ1) is 12.7. The molecule has 2 rings (SSSR count). The van der Waals surface area contributed by atoms with Crippen molar-refractivity contribution in [1.82, 2.24) is 0 Å². The van der Waals surface area contributed by atoms with Crippen molar-refractivity contribution in [3.8, 4) is 11.5 Å². The Bertz CT molecular complexity index is 847. The number of methoxy groups -OCH3 is 2. The minimum atomic E-state index is -0.328. The van der Waals surface area contributed by atoms with Crippen LogP contribution >= 0.6 is 11.6 Å². The highest BCUT2D eigenvalue weighted by Crippen LogP contribution is 2.38. The topological polar surface area (TPSA) is 67.9 Å². The van der Waals surface area contributed by atoms with E-state index in [1.807, 2.05) is 32.0 Å². The van der Waals surface area contributed by atoms with Gasteiger partial charge in [-0.1, -0.05) is 17.7 Å². The molecule has 2 aromatic rings. The summed E-state index contributed by atoms with van der Waals surface area (Å²) >= 11 is 6.12. The number of nitrogens with zero attached hydrogens (tertiary/aromatic N) is 1. The van der Waals surface area contributed by atoms with E-state index in [1.165, 1.54) is 26.0 Å². The smallest absolute Gasteiger partial charge is 0.244 e. The van der Waals surface area contributed by atoms with E-state index in [0.717, 1.165) is 11.1 Å². The van der Waals surface area contributed by atoms with Crippen LogP contribution in [-0.4, -0.2) is 32.6 Å². The second kappa shape index (κ2) is 8.77. The highest BCUT2D eigenvalue weighted by atomic mass is 35.5. The molecule has 144 valence electrons. The first-order valence-corrected chi connectivity index (χ1v) is 8.70. The molecule has 2 aromatic carbocycles. The Morgan fingerprint density at radius 3 is 2.11 bits per heavy atom. The van der Waals surface area contributed by atoms with Crippen molar-refractivity contribution in [3.05, 3.63) is 46.5 Å². The summed E-state index contributed by atoms with van der Waals surface area (Å²) in [6.45, 7) is 5.11. The minimum Gasteiger partial charge on any atom is -0.495 e. The highest BCUT2D eigenvalue weighted by molar-refractivity contribution is 6.32. The van der Waals surface area contributed by atoms with E-state index >= 15 is 0 Å². The van der Waals surface area contributed by atoms with Crippen molar-refractivity contribution in [1.29, 1.82) is 0 Å². The molecular weight excluding hydrogens is 368 g/mol. The summed E-state index contributed by atoms with van der Waals surface area (Å²) < 4.78 is 10.5. The van der Waals surface area contributed by atoms with Crippen LogP contribution in [0.1, 0.15) is 18.1 Å². The molecule has 0 aliphatic rings. The van der Waals surface area contributed by atoms with Gasteiger partial charge >= 0.3 is 0 Å². The first-order valence-electron chi connectivity index (χ1n) is 8.33. The quantitative estimate of drug-likeness (QED) is 0.810. The van der Waals surface area contributed by atoms with Crippen molar-refractivity contribution >= 4 is 34.8 Å². The maximum Gasteiger partial charge on any atom is 0.244 e. The molecule has 1 N–H and O–H groups in total. The van der Waals surface area contributed by atoms with Crippen LogP contribution in [0.4, 0.5) is 11.4 Å². The van der Waals surface area contributed by atoms with Gasteiger partial charge in [0.15, 0.2) is 0 Å². The molecule has 2 amide bonds. The lowest BCUT2D eigenvalue weighted by Crippen LogP contribution is -2.37. The molecule has 0 atom stereocenters. The van der Waals surface area contributed by atoms with E-state index in [9.17, 15) is 9.59 Å². The van der Waals surface area contributed by atoms with Crippen molar-refractivity contribution in [2.24, 2.45) is 0 Å². The van der Waals surface area contributed by atoms with Gasteiger partial charge < -0.3 is 14.8 Å². The van der Waals surface area contributed by atoms with Gasteiger partial charge in [-0.2, -0.15) is 0 Å². The van der Waals surface area contributed by atoms with Crippen LogP contribution in [-0.2, 0) is 9.59 Å². The Balaban J connectivity index is 2.30. The Hall–Kier alpha value is -2.73.